The summed E-state index contributed by atoms with van der Waals surface area (Å²) < 4.78 is 1.78. The zero-order valence-electron chi connectivity index (χ0n) is 16.0. The van der Waals surface area contributed by atoms with Crippen molar-refractivity contribution in [2.45, 2.75) is 6.54 Å². The number of hydrogen-bond donors (Lipinski definition) is 1. The summed E-state index contributed by atoms with van der Waals surface area (Å²) in [4.78, 5) is 38.6. The molecular formula is C22H15ClN4O3S. The van der Waals surface area contributed by atoms with Crippen molar-refractivity contribution in [2.24, 2.45) is 0 Å². The lowest BCUT2D eigenvalue weighted by atomic mass is 10.1. The van der Waals surface area contributed by atoms with Crippen molar-refractivity contribution in [3.8, 4) is 6.07 Å². The summed E-state index contributed by atoms with van der Waals surface area (Å²) in [6.07, 6.45) is 3.39. The Hall–Kier alpha value is -3.54. The third-order valence-electron chi connectivity index (χ3n) is 4.67. The Morgan fingerprint density at radius 3 is 2.68 bits per heavy atom. The highest BCUT2D eigenvalue weighted by Crippen LogP contribution is 2.34. The first kappa shape index (κ1) is 20.7. The number of nitrogens with one attached hydrogen (secondary N) is 1. The molecule has 1 fully saturated rings. The number of nitrogens with zero attached hydrogens (tertiary/aromatic N) is 3. The van der Waals surface area contributed by atoms with Crippen LogP contribution in [0, 0.1) is 11.3 Å². The van der Waals surface area contributed by atoms with Crippen LogP contribution in [-0.2, 0) is 16.1 Å². The minimum absolute atomic E-state index is 0.165. The minimum atomic E-state index is -0.540. The molecule has 1 saturated heterocycles. The van der Waals surface area contributed by atoms with Gasteiger partial charge in [-0.2, -0.15) is 5.26 Å². The summed E-state index contributed by atoms with van der Waals surface area (Å²) in [5.74, 6) is -1.07. The van der Waals surface area contributed by atoms with Gasteiger partial charge in [-0.15, -0.1) is 0 Å². The fourth-order valence-corrected chi connectivity index (χ4v) is 4.28. The lowest BCUT2D eigenvalue weighted by molar-refractivity contribution is -0.127. The second kappa shape index (κ2) is 8.68. The molecule has 3 amide bonds. The molecule has 7 nitrogen and oxygen atoms in total. The number of carbonyl (C=O) groups is 3. The Morgan fingerprint density at radius 1 is 1.16 bits per heavy atom. The van der Waals surface area contributed by atoms with Crippen LogP contribution in [0.5, 0.6) is 0 Å². The van der Waals surface area contributed by atoms with Crippen LogP contribution < -0.4 is 5.32 Å². The van der Waals surface area contributed by atoms with Gasteiger partial charge < -0.3 is 9.88 Å². The summed E-state index contributed by atoms with van der Waals surface area (Å²) in [6.45, 7) is -0.249. The second-order valence-electron chi connectivity index (χ2n) is 6.68. The zero-order valence-corrected chi connectivity index (χ0v) is 17.6. The summed E-state index contributed by atoms with van der Waals surface area (Å²) >= 11 is 6.81. The molecule has 1 aromatic heterocycles. The number of imide groups is 1. The fraction of sp³-hybridized carbons (Fsp3) is 0.0909. The highest BCUT2D eigenvalue weighted by Gasteiger charge is 2.36. The molecule has 0 bridgehead atoms. The first-order valence-corrected chi connectivity index (χ1v) is 10.4. The normalized spacial score (nSPS) is 15.0. The van der Waals surface area contributed by atoms with E-state index in [1.54, 1.807) is 41.1 Å². The third kappa shape index (κ3) is 4.19. The summed E-state index contributed by atoms with van der Waals surface area (Å²) in [5, 5.41) is 12.4. The van der Waals surface area contributed by atoms with E-state index in [0.717, 1.165) is 33.1 Å². The Labute approximate surface area is 186 Å². The maximum Gasteiger partial charge on any atom is 0.294 e. The Morgan fingerprint density at radius 2 is 1.90 bits per heavy atom. The number of aromatic nitrogens is 1. The zero-order chi connectivity index (χ0) is 22.0. The van der Waals surface area contributed by atoms with E-state index in [0.29, 0.717) is 10.7 Å². The molecule has 1 aliphatic heterocycles. The topological polar surface area (TPSA) is 95.2 Å². The molecule has 2 aromatic carbocycles. The number of halogens is 1. The van der Waals surface area contributed by atoms with Gasteiger partial charge in [-0.05, 0) is 36.0 Å². The average Bonchev–Trinajstić information content (AvgIpc) is 3.22. The Bertz CT molecular complexity index is 1290. The van der Waals surface area contributed by atoms with E-state index in [1.165, 1.54) is 0 Å². The van der Waals surface area contributed by atoms with Crippen LogP contribution in [0.2, 0.25) is 5.02 Å². The maximum atomic E-state index is 12.8. The monoisotopic (exact) mass is 450 g/mol. The fourth-order valence-electron chi connectivity index (χ4n) is 3.27. The van der Waals surface area contributed by atoms with Gasteiger partial charge in [0.1, 0.15) is 13.1 Å². The molecule has 31 heavy (non-hydrogen) atoms. The standard InChI is InChI=1S/C22H15ClN4O3S/c23-16-6-2-3-7-17(16)25-20(28)13-27-21(29)19(31-22(27)30)11-14-12-26(10-9-24)18-8-4-1-5-15(14)18/h1-8,11-12H,10,13H2,(H,25,28)/b19-11+. The van der Waals surface area contributed by atoms with Crippen molar-refractivity contribution >= 4 is 63.1 Å². The second-order valence-corrected chi connectivity index (χ2v) is 8.08. The number of nitriles is 1. The minimum Gasteiger partial charge on any atom is -0.333 e. The number of anilines is 1. The number of thioether (sulfide) groups is 1. The van der Waals surface area contributed by atoms with E-state index < -0.39 is 23.6 Å². The molecule has 3 aromatic rings. The Balaban J connectivity index is 1.55. The number of fused-ring (bicyclic) bond motifs is 1. The van der Waals surface area contributed by atoms with Crippen molar-refractivity contribution in [2.75, 3.05) is 11.9 Å². The Kier molecular flexibility index (Phi) is 5.80. The van der Waals surface area contributed by atoms with Crippen LogP contribution in [0.15, 0.2) is 59.6 Å². The van der Waals surface area contributed by atoms with Gasteiger partial charge in [0.05, 0.1) is 21.7 Å². The number of benzene rings is 2. The van der Waals surface area contributed by atoms with Crippen molar-refractivity contribution in [1.82, 2.24) is 9.47 Å². The predicted molar refractivity (Wildman–Crippen MR) is 120 cm³/mol. The lowest BCUT2D eigenvalue weighted by Crippen LogP contribution is -2.36. The molecule has 0 atom stereocenters. The number of hydrogen-bond acceptors (Lipinski definition) is 5. The number of para-hydroxylation sites is 2. The molecule has 154 valence electrons. The van der Waals surface area contributed by atoms with Gasteiger partial charge >= 0.3 is 0 Å². The number of rotatable bonds is 5. The van der Waals surface area contributed by atoms with E-state index in [9.17, 15) is 14.4 Å². The van der Waals surface area contributed by atoms with Gasteiger partial charge in [-0.25, -0.2) is 0 Å². The molecule has 0 unspecified atom stereocenters. The molecule has 0 radical (unpaired) electrons. The van der Waals surface area contributed by atoms with E-state index in [-0.39, 0.29) is 11.4 Å². The van der Waals surface area contributed by atoms with Gasteiger partial charge in [0, 0.05) is 22.7 Å². The first-order valence-electron chi connectivity index (χ1n) is 9.22. The van der Waals surface area contributed by atoms with Crippen LogP contribution in [0.3, 0.4) is 0 Å². The van der Waals surface area contributed by atoms with Crippen LogP contribution >= 0.6 is 23.4 Å². The maximum absolute atomic E-state index is 12.8. The van der Waals surface area contributed by atoms with E-state index in [4.69, 9.17) is 16.9 Å². The van der Waals surface area contributed by atoms with Crippen molar-refractivity contribution in [3.63, 3.8) is 0 Å². The highest BCUT2D eigenvalue weighted by atomic mass is 35.5. The van der Waals surface area contributed by atoms with E-state index in [1.807, 2.05) is 24.3 Å². The van der Waals surface area contributed by atoms with Crippen LogP contribution in [0.4, 0.5) is 10.5 Å². The molecule has 0 saturated carbocycles. The smallest absolute Gasteiger partial charge is 0.294 e. The third-order valence-corrected chi connectivity index (χ3v) is 5.91. The molecule has 1 N–H and O–H groups in total. The largest absolute Gasteiger partial charge is 0.333 e. The van der Waals surface area contributed by atoms with E-state index >= 15 is 0 Å². The van der Waals surface area contributed by atoms with Crippen LogP contribution in [0.1, 0.15) is 5.56 Å². The van der Waals surface area contributed by atoms with Crippen LogP contribution in [0.25, 0.3) is 17.0 Å². The molecule has 1 aliphatic rings. The highest BCUT2D eigenvalue weighted by molar-refractivity contribution is 8.18. The quantitative estimate of drug-likeness (QED) is 0.577. The molecule has 0 aliphatic carbocycles. The predicted octanol–water partition coefficient (Wildman–Crippen LogP) is 4.49. The first-order chi connectivity index (χ1) is 15.0. The van der Waals surface area contributed by atoms with Crippen molar-refractivity contribution in [1.29, 1.82) is 5.26 Å². The molecule has 2 heterocycles. The average molecular weight is 451 g/mol. The summed E-state index contributed by atoms with van der Waals surface area (Å²) in [5.41, 5.74) is 1.98. The van der Waals surface area contributed by atoms with Crippen molar-refractivity contribution in [3.05, 3.63) is 70.2 Å². The molecule has 4 rings (SSSR count). The number of carbonyl (C=O) groups excluding carboxylic acids is 3. The van der Waals surface area contributed by atoms with Gasteiger partial charge in [-0.1, -0.05) is 41.9 Å². The molecule has 9 heteroatoms. The van der Waals surface area contributed by atoms with Gasteiger partial charge in [0.2, 0.25) is 5.91 Å². The van der Waals surface area contributed by atoms with E-state index in [2.05, 4.69) is 11.4 Å². The summed E-state index contributed by atoms with van der Waals surface area (Å²) in [7, 11) is 0. The van der Waals surface area contributed by atoms with Gasteiger partial charge in [0.25, 0.3) is 11.1 Å². The van der Waals surface area contributed by atoms with Crippen LogP contribution in [-0.4, -0.2) is 33.1 Å². The van der Waals surface area contributed by atoms with Crippen molar-refractivity contribution < 1.29 is 14.4 Å². The van der Waals surface area contributed by atoms with Gasteiger partial charge in [0.15, 0.2) is 0 Å². The summed E-state index contributed by atoms with van der Waals surface area (Å²) in [6, 6.07) is 16.3. The van der Waals surface area contributed by atoms with Gasteiger partial charge in [-0.3, -0.25) is 19.3 Å². The number of amides is 3. The lowest BCUT2D eigenvalue weighted by Gasteiger charge is -2.13. The molecular weight excluding hydrogens is 436 g/mol. The molecule has 0 spiro atoms. The SMILES string of the molecule is N#CCn1cc(/C=C2/SC(=O)N(CC(=O)Nc3ccccc3Cl)C2=O)c2ccccc21.